The first-order valence-corrected chi connectivity index (χ1v) is 8.15. The Balaban J connectivity index is 2.05. The second-order valence-electron chi connectivity index (χ2n) is 5.54. The molecule has 0 heterocycles. The summed E-state index contributed by atoms with van der Waals surface area (Å²) in [6, 6.07) is 12.7. The highest BCUT2D eigenvalue weighted by atomic mass is 79.9. The van der Waals surface area contributed by atoms with E-state index < -0.39 is 0 Å². The lowest BCUT2D eigenvalue weighted by atomic mass is 10.1. The van der Waals surface area contributed by atoms with Gasteiger partial charge in [0.15, 0.2) is 0 Å². The first-order chi connectivity index (χ1) is 10.6. The van der Waals surface area contributed by atoms with Crippen molar-refractivity contribution in [3.8, 4) is 5.75 Å². The number of benzene rings is 2. The molecule has 0 aliphatic heterocycles. The van der Waals surface area contributed by atoms with Crippen LogP contribution in [-0.4, -0.2) is 25.5 Å². The Morgan fingerprint density at radius 1 is 1.09 bits per heavy atom. The van der Waals surface area contributed by atoms with Gasteiger partial charge in [0, 0.05) is 10.0 Å². The molecule has 0 aliphatic rings. The summed E-state index contributed by atoms with van der Waals surface area (Å²) in [5.74, 6) is 0.596. The van der Waals surface area contributed by atoms with Crippen molar-refractivity contribution in [2.45, 2.75) is 19.4 Å². The van der Waals surface area contributed by atoms with E-state index in [1.807, 2.05) is 18.2 Å². The third-order valence-electron chi connectivity index (χ3n) is 3.41. The van der Waals surface area contributed by atoms with E-state index in [-0.39, 0.29) is 12.4 Å². The van der Waals surface area contributed by atoms with Gasteiger partial charge in [-0.25, -0.2) is 4.39 Å². The molecule has 2 aromatic carbocycles. The van der Waals surface area contributed by atoms with Crippen molar-refractivity contribution in [3.05, 3.63) is 63.9 Å². The third-order valence-corrected chi connectivity index (χ3v) is 3.91. The second-order valence-corrected chi connectivity index (χ2v) is 6.45. The lowest BCUT2D eigenvalue weighted by Crippen LogP contribution is -2.13. The standard InChI is InChI=1S/C18H21BrFNO/c1-21(2)11-5-7-14-12-16(19)9-10-18(14)22-13-15-6-3-4-8-17(15)20/h3-4,6,8-10,12H,5,7,11,13H2,1-2H3. The van der Waals surface area contributed by atoms with Crippen LogP contribution in [0.5, 0.6) is 5.75 Å². The summed E-state index contributed by atoms with van der Waals surface area (Å²) in [6.07, 6.45) is 1.99. The van der Waals surface area contributed by atoms with Gasteiger partial charge in [0.05, 0.1) is 0 Å². The van der Waals surface area contributed by atoms with Crippen molar-refractivity contribution in [3.63, 3.8) is 0 Å². The van der Waals surface area contributed by atoms with E-state index in [0.717, 1.165) is 35.2 Å². The van der Waals surface area contributed by atoms with Gasteiger partial charge in [-0.05, 0) is 63.3 Å². The number of aryl methyl sites for hydroxylation is 1. The Morgan fingerprint density at radius 2 is 1.86 bits per heavy atom. The molecule has 0 aromatic heterocycles. The predicted octanol–water partition coefficient (Wildman–Crippen LogP) is 4.66. The molecular formula is C18H21BrFNO. The van der Waals surface area contributed by atoms with Gasteiger partial charge in [0.1, 0.15) is 18.2 Å². The van der Waals surface area contributed by atoms with Crippen molar-refractivity contribution < 1.29 is 9.13 Å². The van der Waals surface area contributed by atoms with Gasteiger partial charge in [-0.2, -0.15) is 0 Å². The van der Waals surface area contributed by atoms with Crippen LogP contribution in [0.2, 0.25) is 0 Å². The number of hydrogen-bond donors (Lipinski definition) is 0. The van der Waals surface area contributed by atoms with E-state index in [1.54, 1.807) is 12.1 Å². The monoisotopic (exact) mass is 365 g/mol. The lowest BCUT2D eigenvalue weighted by Gasteiger charge is -2.14. The predicted molar refractivity (Wildman–Crippen MR) is 91.7 cm³/mol. The van der Waals surface area contributed by atoms with Crippen molar-refractivity contribution in [1.82, 2.24) is 4.90 Å². The van der Waals surface area contributed by atoms with Gasteiger partial charge in [-0.15, -0.1) is 0 Å². The molecule has 0 saturated carbocycles. The highest BCUT2D eigenvalue weighted by molar-refractivity contribution is 9.10. The Bertz CT molecular complexity index is 616. The highest BCUT2D eigenvalue weighted by Gasteiger charge is 2.07. The Labute approximate surface area is 140 Å². The zero-order chi connectivity index (χ0) is 15.9. The minimum atomic E-state index is -0.228. The molecule has 0 atom stereocenters. The molecule has 0 aliphatic carbocycles. The van der Waals surface area contributed by atoms with Gasteiger partial charge in [-0.1, -0.05) is 34.1 Å². The van der Waals surface area contributed by atoms with Crippen molar-refractivity contribution >= 4 is 15.9 Å². The van der Waals surface area contributed by atoms with Crippen molar-refractivity contribution in [1.29, 1.82) is 0 Å². The Morgan fingerprint density at radius 3 is 2.59 bits per heavy atom. The Hall–Kier alpha value is -1.39. The topological polar surface area (TPSA) is 12.5 Å². The van der Waals surface area contributed by atoms with Gasteiger partial charge >= 0.3 is 0 Å². The maximum atomic E-state index is 13.7. The normalized spacial score (nSPS) is 11.0. The fourth-order valence-electron chi connectivity index (χ4n) is 2.24. The molecule has 0 saturated heterocycles. The molecule has 0 bridgehead atoms. The molecule has 2 aromatic rings. The van der Waals surface area contributed by atoms with Crippen LogP contribution in [0.3, 0.4) is 0 Å². The van der Waals surface area contributed by atoms with Gasteiger partial charge < -0.3 is 9.64 Å². The largest absolute Gasteiger partial charge is 0.489 e. The fourth-order valence-corrected chi connectivity index (χ4v) is 2.65. The summed E-state index contributed by atoms with van der Waals surface area (Å²) in [5.41, 5.74) is 1.72. The van der Waals surface area contributed by atoms with E-state index >= 15 is 0 Å². The quantitative estimate of drug-likeness (QED) is 0.707. The molecule has 0 fully saturated rings. The molecule has 2 rings (SSSR count). The third kappa shape index (κ3) is 5.11. The van der Waals surface area contributed by atoms with Crippen LogP contribution >= 0.6 is 15.9 Å². The molecule has 4 heteroatoms. The zero-order valence-electron chi connectivity index (χ0n) is 13.0. The maximum Gasteiger partial charge on any atom is 0.129 e. The van der Waals surface area contributed by atoms with E-state index in [9.17, 15) is 4.39 Å². The molecule has 0 spiro atoms. The first-order valence-electron chi connectivity index (χ1n) is 7.35. The van der Waals surface area contributed by atoms with Crippen molar-refractivity contribution in [2.75, 3.05) is 20.6 Å². The van der Waals surface area contributed by atoms with Crippen LogP contribution in [0.1, 0.15) is 17.5 Å². The molecule has 118 valence electrons. The number of halogens is 2. The van der Waals surface area contributed by atoms with E-state index in [0.29, 0.717) is 5.56 Å². The number of ether oxygens (including phenoxy) is 1. The number of nitrogens with zero attached hydrogens (tertiary/aromatic N) is 1. The maximum absolute atomic E-state index is 13.7. The van der Waals surface area contributed by atoms with Gasteiger partial charge in [0.2, 0.25) is 0 Å². The van der Waals surface area contributed by atoms with Crippen LogP contribution in [0, 0.1) is 5.82 Å². The van der Waals surface area contributed by atoms with Crippen molar-refractivity contribution in [2.24, 2.45) is 0 Å². The number of hydrogen-bond acceptors (Lipinski definition) is 2. The van der Waals surface area contributed by atoms with Gasteiger partial charge in [-0.3, -0.25) is 0 Å². The molecule has 0 radical (unpaired) electrons. The minimum Gasteiger partial charge on any atom is -0.489 e. The summed E-state index contributed by atoms with van der Waals surface area (Å²) in [4.78, 5) is 2.16. The van der Waals surface area contributed by atoms with Crippen LogP contribution in [0.25, 0.3) is 0 Å². The zero-order valence-corrected chi connectivity index (χ0v) is 14.6. The molecule has 0 unspecified atom stereocenters. The molecule has 0 N–H and O–H groups in total. The average Bonchev–Trinajstić information content (AvgIpc) is 2.47. The van der Waals surface area contributed by atoms with Gasteiger partial charge in [0.25, 0.3) is 0 Å². The van der Waals surface area contributed by atoms with Crippen LogP contribution in [0.4, 0.5) is 4.39 Å². The number of rotatable bonds is 7. The summed E-state index contributed by atoms with van der Waals surface area (Å²) in [5, 5.41) is 0. The van der Waals surface area contributed by atoms with Crippen LogP contribution in [0.15, 0.2) is 46.9 Å². The molecule has 0 amide bonds. The molecule has 22 heavy (non-hydrogen) atoms. The van der Waals surface area contributed by atoms with E-state index in [4.69, 9.17) is 4.74 Å². The molecule has 2 nitrogen and oxygen atoms in total. The second kappa shape index (κ2) is 8.30. The smallest absolute Gasteiger partial charge is 0.129 e. The highest BCUT2D eigenvalue weighted by Crippen LogP contribution is 2.25. The minimum absolute atomic E-state index is 0.228. The van der Waals surface area contributed by atoms with E-state index in [1.165, 1.54) is 6.07 Å². The van der Waals surface area contributed by atoms with Crippen LogP contribution in [-0.2, 0) is 13.0 Å². The molecular weight excluding hydrogens is 345 g/mol. The average molecular weight is 366 g/mol. The summed E-state index contributed by atoms with van der Waals surface area (Å²) < 4.78 is 20.5. The Kier molecular flexibility index (Phi) is 6.40. The summed E-state index contributed by atoms with van der Waals surface area (Å²) in [6.45, 7) is 1.27. The van der Waals surface area contributed by atoms with Crippen LogP contribution < -0.4 is 4.74 Å². The van der Waals surface area contributed by atoms with E-state index in [2.05, 4.69) is 41.0 Å². The summed E-state index contributed by atoms with van der Waals surface area (Å²) >= 11 is 3.50. The lowest BCUT2D eigenvalue weighted by molar-refractivity contribution is 0.296. The SMILES string of the molecule is CN(C)CCCc1cc(Br)ccc1OCc1ccccc1F. The summed E-state index contributed by atoms with van der Waals surface area (Å²) in [7, 11) is 4.13. The first kappa shape index (κ1) is 17.0. The fraction of sp³-hybridized carbons (Fsp3) is 0.333.